The number of likely N-dealkylation sites (N-methyl/N-ethyl adjacent to an activating group) is 1. The first kappa shape index (κ1) is 13.0. The van der Waals surface area contributed by atoms with Crippen molar-refractivity contribution in [3.05, 3.63) is 35.6 Å². The Kier molecular flexibility index (Phi) is 3.97. The number of carbonyl (C=O) groups excluding carboxylic acids is 1. The molecule has 0 spiro atoms. The van der Waals surface area contributed by atoms with Crippen LogP contribution in [-0.2, 0) is 11.3 Å². The van der Waals surface area contributed by atoms with E-state index in [0.29, 0.717) is 6.54 Å². The predicted molar refractivity (Wildman–Crippen MR) is 68.5 cm³/mol. The smallest absolute Gasteiger partial charge is 0.239 e. The molecule has 0 aromatic heterocycles. The summed E-state index contributed by atoms with van der Waals surface area (Å²) in [5.41, 5.74) is 0.924. The third kappa shape index (κ3) is 2.88. The lowest BCUT2D eigenvalue weighted by molar-refractivity contribution is -0.133. The van der Waals surface area contributed by atoms with Gasteiger partial charge in [-0.15, -0.1) is 0 Å². The van der Waals surface area contributed by atoms with Crippen molar-refractivity contribution in [3.63, 3.8) is 0 Å². The fourth-order valence-electron chi connectivity index (χ4n) is 2.46. The fraction of sp³-hybridized carbons (Fsp3) is 0.500. The van der Waals surface area contributed by atoms with Gasteiger partial charge in [-0.2, -0.15) is 0 Å². The van der Waals surface area contributed by atoms with Gasteiger partial charge >= 0.3 is 0 Å². The average Bonchev–Trinajstić information content (AvgIpc) is 2.76. The van der Waals surface area contributed by atoms with Crippen molar-refractivity contribution in [1.29, 1.82) is 0 Å². The second kappa shape index (κ2) is 5.48. The zero-order chi connectivity index (χ0) is 13.1. The Bertz CT molecular complexity index is 434. The Labute approximate surface area is 107 Å². The molecule has 2 rings (SSSR count). The highest BCUT2D eigenvalue weighted by molar-refractivity contribution is 5.81. The number of benzene rings is 1. The van der Waals surface area contributed by atoms with Crippen molar-refractivity contribution in [2.24, 2.45) is 0 Å². The minimum Gasteiger partial charge on any atom is -0.347 e. The summed E-state index contributed by atoms with van der Waals surface area (Å²) in [6, 6.07) is 6.54. The first-order valence-corrected chi connectivity index (χ1v) is 6.27. The van der Waals surface area contributed by atoms with Crippen molar-refractivity contribution >= 4 is 5.91 Å². The summed E-state index contributed by atoms with van der Waals surface area (Å²) >= 11 is 0. The predicted octanol–water partition coefficient (Wildman–Crippen LogP) is 1.88. The van der Waals surface area contributed by atoms with Crippen LogP contribution in [0.25, 0.3) is 0 Å². The molecule has 1 unspecified atom stereocenters. The fourth-order valence-corrected chi connectivity index (χ4v) is 2.46. The van der Waals surface area contributed by atoms with Crippen LogP contribution in [0, 0.1) is 5.82 Å². The van der Waals surface area contributed by atoms with Gasteiger partial charge in [0.15, 0.2) is 0 Å². The molecule has 0 aliphatic carbocycles. The molecule has 1 aromatic carbocycles. The van der Waals surface area contributed by atoms with Gasteiger partial charge < -0.3 is 4.90 Å². The van der Waals surface area contributed by atoms with E-state index in [1.807, 2.05) is 6.07 Å². The Morgan fingerprint density at radius 2 is 2.28 bits per heavy atom. The van der Waals surface area contributed by atoms with Gasteiger partial charge in [0, 0.05) is 20.6 Å². The van der Waals surface area contributed by atoms with Gasteiger partial charge in [0.25, 0.3) is 0 Å². The minimum atomic E-state index is -0.220. The number of nitrogens with zero attached hydrogens (tertiary/aromatic N) is 2. The zero-order valence-corrected chi connectivity index (χ0v) is 10.9. The van der Waals surface area contributed by atoms with E-state index in [2.05, 4.69) is 4.90 Å². The summed E-state index contributed by atoms with van der Waals surface area (Å²) in [6.45, 7) is 1.54. The van der Waals surface area contributed by atoms with E-state index in [9.17, 15) is 9.18 Å². The highest BCUT2D eigenvalue weighted by Gasteiger charge is 2.31. The Morgan fingerprint density at radius 3 is 2.94 bits per heavy atom. The summed E-state index contributed by atoms with van der Waals surface area (Å²) in [5, 5.41) is 0. The third-order valence-corrected chi connectivity index (χ3v) is 3.36. The lowest BCUT2D eigenvalue weighted by Crippen LogP contribution is -2.42. The number of hydrogen-bond acceptors (Lipinski definition) is 2. The van der Waals surface area contributed by atoms with E-state index in [1.165, 1.54) is 12.1 Å². The number of hydrogen-bond donors (Lipinski definition) is 0. The van der Waals surface area contributed by atoms with Crippen LogP contribution >= 0.6 is 0 Å². The molecular weight excluding hydrogens is 231 g/mol. The number of likely N-dealkylation sites (tertiary alicyclic amines) is 1. The van der Waals surface area contributed by atoms with E-state index < -0.39 is 0 Å². The lowest BCUT2D eigenvalue weighted by atomic mass is 10.1. The van der Waals surface area contributed by atoms with Crippen LogP contribution < -0.4 is 0 Å². The van der Waals surface area contributed by atoms with Gasteiger partial charge in [0.2, 0.25) is 5.91 Å². The van der Waals surface area contributed by atoms with Gasteiger partial charge in [0.05, 0.1) is 6.04 Å². The molecule has 1 aliphatic rings. The molecule has 1 aliphatic heterocycles. The van der Waals surface area contributed by atoms with Crippen LogP contribution in [0.5, 0.6) is 0 Å². The number of amides is 1. The highest BCUT2D eigenvalue weighted by atomic mass is 19.1. The molecule has 1 fully saturated rings. The first-order valence-electron chi connectivity index (χ1n) is 6.27. The number of rotatable bonds is 3. The van der Waals surface area contributed by atoms with Crippen molar-refractivity contribution in [3.8, 4) is 0 Å². The number of halogens is 1. The average molecular weight is 250 g/mol. The van der Waals surface area contributed by atoms with Crippen molar-refractivity contribution in [2.45, 2.75) is 25.4 Å². The second-order valence-corrected chi connectivity index (χ2v) is 4.99. The SMILES string of the molecule is CN(C)C(=O)C1CCCN1Cc1cccc(F)c1. The second-order valence-electron chi connectivity index (χ2n) is 4.99. The maximum absolute atomic E-state index is 13.1. The molecule has 4 heteroatoms. The van der Waals surface area contributed by atoms with Crippen LogP contribution in [0.1, 0.15) is 18.4 Å². The molecule has 1 atom stereocenters. The monoisotopic (exact) mass is 250 g/mol. The Balaban J connectivity index is 2.06. The molecule has 0 N–H and O–H groups in total. The molecule has 0 saturated carbocycles. The molecule has 18 heavy (non-hydrogen) atoms. The molecule has 3 nitrogen and oxygen atoms in total. The van der Waals surface area contributed by atoms with Crippen LogP contribution in [-0.4, -0.2) is 42.4 Å². The topological polar surface area (TPSA) is 23.6 Å². The minimum absolute atomic E-state index is 0.0525. The highest BCUT2D eigenvalue weighted by Crippen LogP contribution is 2.21. The van der Waals surface area contributed by atoms with Crippen LogP contribution in [0.15, 0.2) is 24.3 Å². The first-order chi connectivity index (χ1) is 8.58. The summed E-state index contributed by atoms with van der Waals surface area (Å²) in [7, 11) is 3.56. The molecule has 0 bridgehead atoms. The summed E-state index contributed by atoms with van der Waals surface area (Å²) < 4.78 is 13.1. The quantitative estimate of drug-likeness (QED) is 0.817. The van der Waals surface area contributed by atoms with Crippen LogP contribution in [0.4, 0.5) is 4.39 Å². The van der Waals surface area contributed by atoms with E-state index in [1.54, 1.807) is 25.1 Å². The van der Waals surface area contributed by atoms with Gasteiger partial charge in [0.1, 0.15) is 5.82 Å². The van der Waals surface area contributed by atoms with E-state index in [4.69, 9.17) is 0 Å². The molecular formula is C14H19FN2O. The number of carbonyl (C=O) groups is 1. The molecule has 0 radical (unpaired) electrons. The molecule has 1 saturated heterocycles. The maximum atomic E-state index is 13.1. The van der Waals surface area contributed by atoms with Gasteiger partial charge in [-0.25, -0.2) is 4.39 Å². The Morgan fingerprint density at radius 1 is 1.50 bits per heavy atom. The van der Waals surface area contributed by atoms with Gasteiger partial charge in [-0.3, -0.25) is 9.69 Å². The van der Waals surface area contributed by atoms with Crippen LogP contribution in [0.2, 0.25) is 0 Å². The largest absolute Gasteiger partial charge is 0.347 e. The van der Waals surface area contributed by atoms with E-state index in [-0.39, 0.29) is 17.8 Å². The van der Waals surface area contributed by atoms with Gasteiger partial charge in [-0.05, 0) is 37.1 Å². The Hall–Kier alpha value is -1.42. The standard InChI is InChI=1S/C14H19FN2O/c1-16(2)14(18)13-7-4-8-17(13)10-11-5-3-6-12(15)9-11/h3,5-6,9,13H,4,7-8,10H2,1-2H3. The lowest BCUT2D eigenvalue weighted by Gasteiger charge is -2.26. The normalized spacial score (nSPS) is 20.1. The summed E-state index contributed by atoms with van der Waals surface area (Å²) in [4.78, 5) is 15.8. The molecule has 98 valence electrons. The van der Waals surface area contributed by atoms with E-state index >= 15 is 0 Å². The summed E-state index contributed by atoms with van der Waals surface area (Å²) in [6.07, 6.45) is 1.92. The van der Waals surface area contributed by atoms with E-state index in [0.717, 1.165) is 24.9 Å². The molecule has 1 heterocycles. The van der Waals surface area contributed by atoms with Crippen molar-refractivity contribution < 1.29 is 9.18 Å². The summed E-state index contributed by atoms with van der Waals surface area (Å²) in [5.74, 6) is -0.0777. The van der Waals surface area contributed by atoms with Crippen molar-refractivity contribution in [2.75, 3.05) is 20.6 Å². The molecule has 1 amide bonds. The third-order valence-electron chi connectivity index (χ3n) is 3.36. The molecule has 1 aromatic rings. The van der Waals surface area contributed by atoms with Crippen LogP contribution in [0.3, 0.4) is 0 Å². The zero-order valence-electron chi connectivity index (χ0n) is 10.9. The van der Waals surface area contributed by atoms with Gasteiger partial charge in [-0.1, -0.05) is 12.1 Å². The maximum Gasteiger partial charge on any atom is 0.239 e. The van der Waals surface area contributed by atoms with Crippen molar-refractivity contribution in [1.82, 2.24) is 9.80 Å².